The van der Waals surface area contributed by atoms with E-state index in [0.29, 0.717) is 17.8 Å². The van der Waals surface area contributed by atoms with Crippen molar-refractivity contribution in [1.29, 1.82) is 0 Å². The maximum Gasteiger partial charge on any atom is 0.416 e. The average molecular weight is 463 g/mol. The monoisotopic (exact) mass is 462 g/mol. The molecule has 11 heteroatoms. The quantitative estimate of drug-likeness (QED) is 0.389. The molecule has 31 heavy (non-hydrogen) atoms. The van der Waals surface area contributed by atoms with Crippen molar-refractivity contribution in [2.45, 2.75) is 6.18 Å². The van der Waals surface area contributed by atoms with Gasteiger partial charge in [-0.25, -0.2) is 13.6 Å². The SMILES string of the molecule is O=C(OCC(=O)N1CCN(c2cccc(C(F)(F)F)c2)CC1)c1cc(F)c(F)cc1Cl. The Balaban J connectivity index is 1.54. The number of amides is 1. The highest BCUT2D eigenvalue weighted by atomic mass is 35.5. The van der Waals surface area contributed by atoms with E-state index in [1.165, 1.54) is 11.0 Å². The highest BCUT2D eigenvalue weighted by Gasteiger charge is 2.31. The molecule has 0 unspecified atom stereocenters. The summed E-state index contributed by atoms with van der Waals surface area (Å²) in [4.78, 5) is 27.4. The molecule has 0 aromatic heterocycles. The van der Waals surface area contributed by atoms with Crippen LogP contribution >= 0.6 is 11.6 Å². The third kappa shape index (κ3) is 5.43. The van der Waals surface area contributed by atoms with Gasteiger partial charge in [-0.05, 0) is 30.3 Å². The molecule has 0 aliphatic carbocycles. The Morgan fingerprint density at radius 3 is 2.29 bits per heavy atom. The van der Waals surface area contributed by atoms with Crippen LogP contribution in [0.2, 0.25) is 5.02 Å². The number of carbonyl (C=O) groups excluding carboxylic acids is 2. The van der Waals surface area contributed by atoms with Crippen LogP contribution in [0.3, 0.4) is 0 Å². The van der Waals surface area contributed by atoms with Crippen LogP contribution in [-0.4, -0.2) is 49.6 Å². The van der Waals surface area contributed by atoms with Gasteiger partial charge in [0.25, 0.3) is 5.91 Å². The van der Waals surface area contributed by atoms with Crippen LogP contribution in [0.1, 0.15) is 15.9 Å². The van der Waals surface area contributed by atoms with E-state index in [-0.39, 0.29) is 31.2 Å². The van der Waals surface area contributed by atoms with Crippen LogP contribution in [0, 0.1) is 11.6 Å². The Morgan fingerprint density at radius 2 is 1.65 bits per heavy atom. The number of alkyl halides is 3. The van der Waals surface area contributed by atoms with Crippen molar-refractivity contribution in [3.05, 3.63) is 64.2 Å². The fraction of sp³-hybridized carbons (Fsp3) is 0.300. The number of ether oxygens (including phenoxy) is 1. The first kappa shape index (κ1) is 22.8. The number of anilines is 1. The molecular weight excluding hydrogens is 447 g/mol. The molecule has 2 aromatic rings. The minimum absolute atomic E-state index is 0.207. The zero-order valence-corrected chi connectivity index (χ0v) is 16.6. The third-order valence-electron chi connectivity index (χ3n) is 4.73. The number of piperazine rings is 1. The van der Waals surface area contributed by atoms with Crippen molar-refractivity contribution in [3.8, 4) is 0 Å². The lowest BCUT2D eigenvalue weighted by Gasteiger charge is -2.36. The van der Waals surface area contributed by atoms with E-state index in [0.717, 1.165) is 12.1 Å². The summed E-state index contributed by atoms with van der Waals surface area (Å²) >= 11 is 5.70. The zero-order valence-electron chi connectivity index (χ0n) is 15.9. The van der Waals surface area contributed by atoms with Crippen molar-refractivity contribution >= 4 is 29.2 Å². The maximum absolute atomic E-state index is 13.3. The molecule has 5 nitrogen and oxygen atoms in total. The fourth-order valence-corrected chi connectivity index (χ4v) is 3.30. The number of hydrogen-bond acceptors (Lipinski definition) is 4. The van der Waals surface area contributed by atoms with Crippen LogP contribution in [0.5, 0.6) is 0 Å². The molecule has 0 atom stereocenters. The number of rotatable bonds is 4. The summed E-state index contributed by atoms with van der Waals surface area (Å²) in [6, 6.07) is 6.11. The van der Waals surface area contributed by atoms with E-state index in [9.17, 15) is 31.5 Å². The Kier molecular flexibility index (Phi) is 6.68. The predicted octanol–water partition coefficient (Wildman–Crippen LogP) is 4.14. The van der Waals surface area contributed by atoms with Crippen molar-refractivity contribution < 1.29 is 36.3 Å². The number of halogens is 6. The molecule has 1 amide bonds. The summed E-state index contributed by atoms with van der Waals surface area (Å²) in [6.07, 6.45) is -4.45. The van der Waals surface area contributed by atoms with Gasteiger partial charge in [0.2, 0.25) is 0 Å². The first-order valence-electron chi connectivity index (χ1n) is 9.08. The van der Waals surface area contributed by atoms with Crippen LogP contribution < -0.4 is 4.90 Å². The van der Waals surface area contributed by atoms with Crippen molar-refractivity contribution in [3.63, 3.8) is 0 Å². The molecule has 3 rings (SSSR count). The lowest BCUT2D eigenvalue weighted by Crippen LogP contribution is -2.50. The summed E-state index contributed by atoms with van der Waals surface area (Å²) in [5.41, 5.74) is -0.782. The second-order valence-electron chi connectivity index (χ2n) is 6.74. The summed E-state index contributed by atoms with van der Waals surface area (Å²) in [7, 11) is 0. The first-order chi connectivity index (χ1) is 14.6. The Morgan fingerprint density at radius 1 is 1.00 bits per heavy atom. The molecule has 1 fully saturated rings. The van der Waals surface area contributed by atoms with Gasteiger partial charge in [0.15, 0.2) is 18.2 Å². The second kappa shape index (κ2) is 9.09. The Hall–Kier alpha value is -2.88. The summed E-state index contributed by atoms with van der Waals surface area (Å²) < 4.78 is 69.9. The number of nitrogens with zero attached hydrogens (tertiary/aromatic N) is 2. The van der Waals surface area contributed by atoms with Gasteiger partial charge in [-0.2, -0.15) is 13.2 Å². The highest BCUT2D eigenvalue weighted by molar-refractivity contribution is 6.33. The highest BCUT2D eigenvalue weighted by Crippen LogP contribution is 2.32. The molecule has 0 bridgehead atoms. The van der Waals surface area contributed by atoms with Crippen LogP contribution in [0.15, 0.2) is 36.4 Å². The molecule has 2 aromatic carbocycles. The van der Waals surface area contributed by atoms with E-state index >= 15 is 0 Å². The van der Waals surface area contributed by atoms with E-state index in [4.69, 9.17) is 16.3 Å². The standard InChI is InChI=1S/C20H16ClF5N2O3/c21-15-10-17(23)16(22)9-14(15)19(30)31-11-18(29)28-6-4-27(5-7-28)13-3-1-2-12(8-13)20(24,25)26/h1-3,8-10H,4-7,11H2. The molecule has 0 radical (unpaired) electrons. The molecule has 1 aliphatic rings. The largest absolute Gasteiger partial charge is 0.452 e. The molecule has 166 valence electrons. The normalized spacial score (nSPS) is 14.5. The smallest absolute Gasteiger partial charge is 0.416 e. The van der Waals surface area contributed by atoms with Gasteiger partial charge in [-0.15, -0.1) is 0 Å². The average Bonchev–Trinajstić information content (AvgIpc) is 2.74. The first-order valence-corrected chi connectivity index (χ1v) is 9.45. The summed E-state index contributed by atoms with van der Waals surface area (Å²) in [5, 5.41) is -0.356. The second-order valence-corrected chi connectivity index (χ2v) is 7.15. The van der Waals surface area contributed by atoms with Gasteiger partial charge < -0.3 is 14.5 Å². The van der Waals surface area contributed by atoms with E-state index in [2.05, 4.69) is 0 Å². The molecule has 1 aliphatic heterocycles. The molecule has 0 N–H and O–H groups in total. The van der Waals surface area contributed by atoms with Crippen LogP contribution in [0.25, 0.3) is 0 Å². The predicted molar refractivity (Wildman–Crippen MR) is 102 cm³/mol. The zero-order chi connectivity index (χ0) is 22.8. The van der Waals surface area contributed by atoms with Gasteiger partial charge in [-0.3, -0.25) is 4.79 Å². The minimum atomic E-state index is -4.45. The molecule has 1 saturated heterocycles. The maximum atomic E-state index is 13.3. The number of carbonyl (C=O) groups is 2. The Bertz CT molecular complexity index is 991. The van der Waals surface area contributed by atoms with Crippen molar-refractivity contribution in [1.82, 2.24) is 4.90 Å². The number of esters is 1. The molecule has 0 saturated carbocycles. The molecule has 1 heterocycles. The Labute approximate surface area is 178 Å². The van der Waals surface area contributed by atoms with Gasteiger partial charge in [0.1, 0.15) is 0 Å². The van der Waals surface area contributed by atoms with Gasteiger partial charge >= 0.3 is 12.1 Å². The lowest BCUT2D eigenvalue weighted by atomic mass is 10.1. The minimum Gasteiger partial charge on any atom is -0.452 e. The van der Waals surface area contributed by atoms with Crippen LogP contribution in [0.4, 0.5) is 27.6 Å². The summed E-state index contributed by atoms with van der Waals surface area (Å²) in [5.74, 6) is -4.12. The van der Waals surface area contributed by atoms with E-state index in [1.54, 1.807) is 11.0 Å². The third-order valence-corrected chi connectivity index (χ3v) is 5.04. The molecule has 0 spiro atoms. The van der Waals surface area contributed by atoms with E-state index < -0.39 is 47.4 Å². The fourth-order valence-electron chi connectivity index (χ4n) is 3.07. The van der Waals surface area contributed by atoms with E-state index in [1.807, 2.05) is 0 Å². The topological polar surface area (TPSA) is 49.9 Å². The van der Waals surface area contributed by atoms with Gasteiger partial charge in [0, 0.05) is 31.9 Å². The van der Waals surface area contributed by atoms with Gasteiger partial charge in [0.05, 0.1) is 16.1 Å². The van der Waals surface area contributed by atoms with Gasteiger partial charge in [-0.1, -0.05) is 17.7 Å². The van der Waals surface area contributed by atoms with Crippen molar-refractivity contribution in [2.75, 3.05) is 37.7 Å². The van der Waals surface area contributed by atoms with Crippen molar-refractivity contribution in [2.24, 2.45) is 0 Å². The lowest BCUT2D eigenvalue weighted by molar-refractivity contribution is -0.137. The summed E-state index contributed by atoms with van der Waals surface area (Å²) in [6.45, 7) is 0.348. The number of benzene rings is 2. The number of hydrogen-bond donors (Lipinski definition) is 0. The van der Waals surface area contributed by atoms with Crippen LogP contribution in [-0.2, 0) is 15.7 Å². The molecular formula is C20H16ClF5N2O3.